The van der Waals surface area contributed by atoms with Crippen LogP contribution >= 0.6 is 0 Å². The first-order chi connectivity index (χ1) is 11.7. The van der Waals surface area contributed by atoms with Gasteiger partial charge < -0.3 is 10.6 Å². The van der Waals surface area contributed by atoms with Gasteiger partial charge in [-0.05, 0) is 71.0 Å². The second-order valence-electron chi connectivity index (χ2n) is 8.26. The van der Waals surface area contributed by atoms with Crippen molar-refractivity contribution in [2.75, 3.05) is 25.0 Å². The van der Waals surface area contributed by atoms with Crippen LogP contribution in [0.4, 0.5) is 10.5 Å². The third kappa shape index (κ3) is 5.21. The summed E-state index contributed by atoms with van der Waals surface area (Å²) >= 11 is 0. The lowest BCUT2D eigenvalue weighted by Crippen LogP contribution is -2.55. The first-order valence-corrected chi connectivity index (χ1v) is 9.60. The summed E-state index contributed by atoms with van der Waals surface area (Å²) in [5.74, 6) is 0.791. The molecule has 1 aliphatic heterocycles. The number of likely N-dealkylation sites (tertiary alicyclic amines) is 1. The number of piperidine rings is 1. The van der Waals surface area contributed by atoms with Crippen LogP contribution in [0.15, 0.2) is 12.1 Å². The molecule has 0 bridgehead atoms. The van der Waals surface area contributed by atoms with E-state index in [9.17, 15) is 4.79 Å². The summed E-state index contributed by atoms with van der Waals surface area (Å²) in [6.45, 7) is 15.8. The molecule has 0 aromatic heterocycles. The molecule has 2 rings (SSSR count). The Balaban J connectivity index is 1.93. The number of nitrogens with zero attached hydrogens (tertiary/aromatic N) is 1. The van der Waals surface area contributed by atoms with Gasteiger partial charge in [-0.1, -0.05) is 31.0 Å². The van der Waals surface area contributed by atoms with Crippen molar-refractivity contribution in [3.8, 4) is 0 Å². The highest BCUT2D eigenvalue weighted by Gasteiger charge is 2.31. The van der Waals surface area contributed by atoms with Crippen LogP contribution in [0.5, 0.6) is 0 Å². The quantitative estimate of drug-likeness (QED) is 0.817. The molecular formula is C21H35N3O. The number of rotatable bonds is 5. The fourth-order valence-electron chi connectivity index (χ4n) is 3.89. The molecular weight excluding hydrogens is 310 g/mol. The van der Waals surface area contributed by atoms with Crippen LogP contribution in [0.1, 0.15) is 56.7 Å². The fraction of sp³-hybridized carbons (Fsp3) is 0.667. The van der Waals surface area contributed by atoms with Crippen LogP contribution in [0, 0.1) is 26.7 Å². The van der Waals surface area contributed by atoms with Gasteiger partial charge in [0, 0.05) is 24.3 Å². The Morgan fingerprint density at radius 3 is 2.48 bits per heavy atom. The van der Waals surface area contributed by atoms with Crippen LogP contribution in [-0.4, -0.2) is 36.1 Å². The van der Waals surface area contributed by atoms with E-state index < -0.39 is 0 Å². The van der Waals surface area contributed by atoms with Crippen LogP contribution < -0.4 is 10.6 Å². The Morgan fingerprint density at radius 1 is 1.24 bits per heavy atom. The normalized spacial score (nSPS) is 18.9. The van der Waals surface area contributed by atoms with Gasteiger partial charge in [-0.15, -0.1) is 0 Å². The lowest BCUT2D eigenvalue weighted by Gasteiger charge is -2.43. The zero-order chi connectivity index (χ0) is 18.6. The van der Waals surface area contributed by atoms with Gasteiger partial charge in [0.25, 0.3) is 0 Å². The second-order valence-corrected chi connectivity index (χ2v) is 8.26. The fourth-order valence-corrected chi connectivity index (χ4v) is 3.89. The van der Waals surface area contributed by atoms with Crippen molar-refractivity contribution in [3.05, 3.63) is 28.8 Å². The van der Waals surface area contributed by atoms with E-state index in [0.29, 0.717) is 6.54 Å². The van der Waals surface area contributed by atoms with Crippen LogP contribution in [0.3, 0.4) is 0 Å². The molecule has 140 valence electrons. The van der Waals surface area contributed by atoms with Crippen molar-refractivity contribution in [1.29, 1.82) is 0 Å². The number of anilines is 1. The molecule has 0 saturated carbocycles. The lowest BCUT2D eigenvalue weighted by atomic mass is 9.91. The number of benzene rings is 1. The van der Waals surface area contributed by atoms with E-state index in [-0.39, 0.29) is 11.6 Å². The van der Waals surface area contributed by atoms with E-state index in [1.54, 1.807) is 0 Å². The summed E-state index contributed by atoms with van der Waals surface area (Å²) in [7, 11) is 0. The highest BCUT2D eigenvalue weighted by molar-refractivity contribution is 5.91. The summed E-state index contributed by atoms with van der Waals surface area (Å²) in [5.41, 5.74) is 4.33. The van der Waals surface area contributed by atoms with Crippen molar-refractivity contribution >= 4 is 11.7 Å². The molecule has 1 aliphatic rings. The molecule has 25 heavy (non-hydrogen) atoms. The largest absolute Gasteiger partial charge is 0.336 e. The van der Waals surface area contributed by atoms with Gasteiger partial charge >= 0.3 is 6.03 Å². The minimum absolute atomic E-state index is 0.0253. The smallest absolute Gasteiger partial charge is 0.319 e. The average molecular weight is 346 g/mol. The molecule has 4 heteroatoms. The minimum Gasteiger partial charge on any atom is -0.336 e. The third-order valence-electron chi connectivity index (χ3n) is 5.55. The standard InChI is InChI=1S/C21H35N3O/c1-7-18-9-8-10-24(13-18)21(5,6)14-22-20(25)23-19-16(3)11-15(2)12-17(19)4/h11-12,18H,7-10,13-14H2,1-6H3,(H2,22,23,25)/t18-/m1/s1. The third-order valence-corrected chi connectivity index (χ3v) is 5.55. The maximum absolute atomic E-state index is 12.4. The molecule has 1 aromatic rings. The number of nitrogens with one attached hydrogen (secondary N) is 2. The SMILES string of the molecule is CC[C@@H]1CCCN(C(C)(C)CNC(=O)Nc2c(C)cc(C)cc2C)C1. The van der Waals surface area contributed by atoms with Gasteiger partial charge in [0.05, 0.1) is 0 Å². The molecule has 0 spiro atoms. The number of aryl methyl sites for hydroxylation is 3. The number of hydrogen-bond acceptors (Lipinski definition) is 2. The molecule has 1 atom stereocenters. The van der Waals surface area contributed by atoms with E-state index in [1.165, 1.54) is 24.8 Å². The van der Waals surface area contributed by atoms with Gasteiger partial charge in [0.2, 0.25) is 0 Å². The summed E-state index contributed by atoms with van der Waals surface area (Å²) in [5, 5.41) is 6.11. The molecule has 1 aromatic carbocycles. The number of carbonyl (C=O) groups is 1. The van der Waals surface area contributed by atoms with E-state index in [0.717, 1.165) is 35.8 Å². The Labute approximate surface area is 153 Å². The summed E-state index contributed by atoms with van der Waals surface area (Å²) in [6, 6.07) is 4.09. The Bertz CT molecular complexity index is 586. The number of hydrogen-bond donors (Lipinski definition) is 2. The Hall–Kier alpha value is -1.55. The average Bonchev–Trinajstić information content (AvgIpc) is 2.56. The van der Waals surface area contributed by atoms with Crippen molar-refractivity contribution < 1.29 is 4.79 Å². The van der Waals surface area contributed by atoms with Gasteiger partial charge in [0.15, 0.2) is 0 Å². The number of amides is 2. The Kier molecular flexibility index (Phi) is 6.50. The maximum Gasteiger partial charge on any atom is 0.319 e. The number of carbonyl (C=O) groups excluding carboxylic acids is 1. The first kappa shape index (κ1) is 19.8. The molecule has 0 aliphatic carbocycles. The molecule has 1 saturated heterocycles. The van der Waals surface area contributed by atoms with Crippen LogP contribution in [-0.2, 0) is 0 Å². The predicted octanol–water partition coefficient (Wildman–Crippen LogP) is 4.63. The molecule has 2 N–H and O–H groups in total. The van der Waals surface area contributed by atoms with Gasteiger partial charge in [-0.2, -0.15) is 0 Å². The molecule has 0 radical (unpaired) electrons. The molecule has 4 nitrogen and oxygen atoms in total. The van der Waals surface area contributed by atoms with Crippen LogP contribution in [0.2, 0.25) is 0 Å². The zero-order valence-electron chi connectivity index (χ0n) is 16.8. The van der Waals surface area contributed by atoms with Crippen LogP contribution in [0.25, 0.3) is 0 Å². The minimum atomic E-state index is -0.118. The van der Waals surface area contributed by atoms with Crippen molar-refractivity contribution in [2.45, 2.75) is 66.3 Å². The van der Waals surface area contributed by atoms with Crippen molar-refractivity contribution in [3.63, 3.8) is 0 Å². The zero-order valence-corrected chi connectivity index (χ0v) is 16.8. The first-order valence-electron chi connectivity index (χ1n) is 9.60. The van der Waals surface area contributed by atoms with E-state index in [4.69, 9.17) is 0 Å². The lowest BCUT2D eigenvalue weighted by molar-refractivity contribution is 0.0669. The molecule has 1 fully saturated rings. The van der Waals surface area contributed by atoms with Gasteiger partial charge in [-0.3, -0.25) is 4.90 Å². The topological polar surface area (TPSA) is 44.4 Å². The summed E-state index contributed by atoms with van der Waals surface area (Å²) in [4.78, 5) is 14.9. The monoisotopic (exact) mass is 345 g/mol. The van der Waals surface area contributed by atoms with Crippen molar-refractivity contribution in [1.82, 2.24) is 10.2 Å². The van der Waals surface area contributed by atoms with E-state index in [2.05, 4.69) is 55.4 Å². The number of urea groups is 1. The van der Waals surface area contributed by atoms with E-state index in [1.807, 2.05) is 13.8 Å². The van der Waals surface area contributed by atoms with Crippen molar-refractivity contribution in [2.24, 2.45) is 5.92 Å². The van der Waals surface area contributed by atoms with Gasteiger partial charge in [-0.25, -0.2) is 4.79 Å². The predicted molar refractivity (Wildman–Crippen MR) is 106 cm³/mol. The Morgan fingerprint density at radius 2 is 1.88 bits per heavy atom. The highest BCUT2D eigenvalue weighted by Crippen LogP contribution is 2.26. The highest BCUT2D eigenvalue weighted by atomic mass is 16.2. The maximum atomic E-state index is 12.4. The molecule has 1 heterocycles. The summed E-state index contributed by atoms with van der Waals surface area (Å²) < 4.78 is 0. The summed E-state index contributed by atoms with van der Waals surface area (Å²) in [6.07, 6.45) is 3.84. The second kappa shape index (κ2) is 8.22. The van der Waals surface area contributed by atoms with E-state index >= 15 is 0 Å². The molecule has 0 unspecified atom stereocenters. The van der Waals surface area contributed by atoms with Gasteiger partial charge in [0.1, 0.15) is 0 Å². The molecule has 2 amide bonds.